The quantitative estimate of drug-likeness (QED) is 0.721. The first-order valence-corrected chi connectivity index (χ1v) is 7.72. The van der Waals surface area contributed by atoms with Gasteiger partial charge in [0, 0.05) is 15.9 Å². The minimum atomic E-state index is 0.393. The molecule has 0 atom stereocenters. The zero-order chi connectivity index (χ0) is 15.2. The van der Waals surface area contributed by atoms with E-state index in [0.717, 1.165) is 16.9 Å². The summed E-state index contributed by atoms with van der Waals surface area (Å²) in [6, 6.07) is 13.0. The molecule has 3 nitrogen and oxygen atoms in total. The highest BCUT2D eigenvalue weighted by molar-refractivity contribution is 9.08. The molecule has 0 saturated carbocycles. The van der Waals surface area contributed by atoms with Crippen LogP contribution in [0.1, 0.15) is 16.7 Å². The number of ether oxygens (including phenoxy) is 2. The van der Waals surface area contributed by atoms with Gasteiger partial charge in [0.25, 0.3) is 0 Å². The van der Waals surface area contributed by atoms with Crippen LogP contribution in [-0.4, -0.2) is 7.11 Å². The highest BCUT2D eigenvalue weighted by Gasteiger charge is 2.07. The van der Waals surface area contributed by atoms with Gasteiger partial charge in [-0.05, 0) is 35.9 Å². The lowest BCUT2D eigenvalue weighted by Gasteiger charge is -2.11. The summed E-state index contributed by atoms with van der Waals surface area (Å²) in [5, 5.41) is 10.3. The molecule has 0 aliphatic heterocycles. The smallest absolute Gasteiger partial charge is 0.137 e. The normalized spacial score (nSPS) is 10.0. The number of hydrogen-bond acceptors (Lipinski definition) is 3. The van der Waals surface area contributed by atoms with Gasteiger partial charge in [0.1, 0.15) is 24.2 Å². The molecule has 0 aliphatic carbocycles. The van der Waals surface area contributed by atoms with Crippen LogP contribution in [0.5, 0.6) is 11.5 Å². The predicted octanol–water partition coefficient (Wildman–Crippen LogP) is 4.69. The van der Waals surface area contributed by atoms with Gasteiger partial charge in [-0.25, -0.2) is 0 Å². The molecule has 108 valence electrons. The minimum Gasteiger partial charge on any atom is -0.495 e. The average Bonchev–Trinajstić information content (AvgIpc) is 2.53. The Bertz CT molecular complexity index is 682. The summed E-state index contributed by atoms with van der Waals surface area (Å²) in [6.07, 6.45) is 0. The third-order valence-corrected chi connectivity index (χ3v) is 3.79. The molecule has 0 heterocycles. The van der Waals surface area contributed by atoms with Crippen LogP contribution in [0.4, 0.5) is 0 Å². The minimum absolute atomic E-state index is 0.393. The van der Waals surface area contributed by atoms with Gasteiger partial charge in [0.2, 0.25) is 0 Å². The Morgan fingerprint density at radius 1 is 1.19 bits per heavy atom. The maximum absolute atomic E-state index is 8.96. The largest absolute Gasteiger partial charge is 0.495 e. The van der Waals surface area contributed by atoms with Gasteiger partial charge in [0.05, 0.1) is 12.7 Å². The van der Waals surface area contributed by atoms with Crippen molar-refractivity contribution in [2.75, 3.05) is 7.11 Å². The molecule has 5 heteroatoms. The number of rotatable bonds is 5. The molecule has 0 spiro atoms. The summed E-state index contributed by atoms with van der Waals surface area (Å²) in [5.74, 6) is 1.33. The average molecular weight is 367 g/mol. The third kappa shape index (κ3) is 3.90. The molecular weight excluding hydrogens is 354 g/mol. The lowest BCUT2D eigenvalue weighted by Crippen LogP contribution is -1.99. The molecule has 2 aromatic carbocycles. The third-order valence-electron chi connectivity index (χ3n) is 2.95. The molecule has 0 unspecified atom stereocenters. The van der Waals surface area contributed by atoms with E-state index in [1.807, 2.05) is 24.3 Å². The summed E-state index contributed by atoms with van der Waals surface area (Å²) in [4.78, 5) is 0. The molecular formula is C16H13BrClNO2. The maximum atomic E-state index is 8.96. The summed E-state index contributed by atoms with van der Waals surface area (Å²) in [5.41, 5.74) is 2.43. The van der Waals surface area contributed by atoms with Crippen molar-refractivity contribution >= 4 is 27.5 Å². The molecule has 0 amide bonds. The highest BCUT2D eigenvalue weighted by Crippen LogP contribution is 2.26. The van der Waals surface area contributed by atoms with Gasteiger partial charge in [-0.3, -0.25) is 0 Å². The van der Waals surface area contributed by atoms with Crippen LogP contribution in [0.3, 0.4) is 0 Å². The van der Waals surface area contributed by atoms with Crippen molar-refractivity contribution in [2.24, 2.45) is 0 Å². The summed E-state index contributed by atoms with van der Waals surface area (Å²) in [6.45, 7) is 0.393. The number of halogens is 2. The molecule has 0 saturated heterocycles. The molecule has 0 N–H and O–H groups in total. The molecule has 0 radical (unpaired) electrons. The Kier molecular flexibility index (Phi) is 5.49. The molecule has 0 aromatic heterocycles. The fourth-order valence-corrected chi connectivity index (χ4v) is 2.51. The van der Waals surface area contributed by atoms with Gasteiger partial charge in [-0.1, -0.05) is 33.6 Å². The van der Waals surface area contributed by atoms with Crippen molar-refractivity contribution in [3.05, 3.63) is 58.1 Å². The van der Waals surface area contributed by atoms with E-state index in [4.69, 9.17) is 26.3 Å². The Morgan fingerprint density at radius 3 is 2.67 bits per heavy atom. The second-order valence-corrected chi connectivity index (χ2v) is 5.32. The Morgan fingerprint density at radius 2 is 2.00 bits per heavy atom. The van der Waals surface area contributed by atoms with E-state index in [9.17, 15) is 0 Å². The van der Waals surface area contributed by atoms with Gasteiger partial charge in [-0.2, -0.15) is 5.26 Å². The van der Waals surface area contributed by atoms with Crippen LogP contribution >= 0.6 is 27.5 Å². The number of hydrogen-bond donors (Lipinski definition) is 0. The van der Waals surface area contributed by atoms with E-state index in [1.54, 1.807) is 19.2 Å². The van der Waals surface area contributed by atoms with E-state index in [1.165, 1.54) is 0 Å². The molecule has 2 rings (SSSR count). The molecule has 0 aliphatic rings. The fourth-order valence-electron chi connectivity index (χ4n) is 1.87. The molecule has 0 fully saturated rings. The second kappa shape index (κ2) is 7.35. The van der Waals surface area contributed by atoms with E-state index >= 15 is 0 Å². The first-order valence-electron chi connectivity index (χ1n) is 6.22. The van der Waals surface area contributed by atoms with Gasteiger partial charge in [-0.15, -0.1) is 0 Å². The van der Waals surface area contributed by atoms with E-state index in [0.29, 0.717) is 28.3 Å². The van der Waals surface area contributed by atoms with Crippen molar-refractivity contribution in [3.8, 4) is 17.6 Å². The van der Waals surface area contributed by atoms with Crippen LogP contribution in [0.2, 0.25) is 5.02 Å². The van der Waals surface area contributed by atoms with Crippen molar-refractivity contribution in [1.29, 1.82) is 5.26 Å². The standard InChI is InChI=1S/C16H13BrClNO2/c1-20-16-6-11(2-3-12(16)9-19)10-21-15-5-4-14(18)7-13(15)8-17/h2-7H,8,10H2,1H3. The topological polar surface area (TPSA) is 42.2 Å². The monoisotopic (exact) mass is 365 g/mol. The van der Waals surface area contributed by atoms with Gasteiger partial charge >= 0.3 is 0 Å². The number of nitriles is 1. The Labute approximate surface area is 137 Å². The summed E-state index contributed by atoms with van der Waals surface area (Å²) >= 11 is 9.38. The van der Waals surface area contributed by atoms with Crippen LogP contribution < -0.4 is 9.47 Å². The lowest BCUT2D eigenvalue weighted by molar-refractivity contribution is 0.303. The number of nitrogens with zero attached hydrogens (tertiary/aromatic N) is 1. The van der Waals surface area contributed by atoms with E-state index < -0.39 is 0 Å². The van der Waals surface area contributed by atoms with Crippen molar-refractivity contribution < 1.29 is 9.47 Å². The fraction of sp³-hybridized carbons (Fsp3) is 0.188. The SMILES string of the molecule is COc1cc(COc2ccc(Cl)cc2CBr)ccc1C#N. The molecule has 2 aromatic rings. The van der Waals surface area contributed by atoms with Gasteiger partial charge < -0.3 is 9.47 Å². The second-order valence-electron chi connectivity index (χ2n) is 4.32. The van der Waals surface area contributed by atoms with Crippen LogP contribution in [0.25, 0.3) is 0 Å². The molecule has 0 bridgehead atoms. The van der Waals surface area contributed by atoms with Crippen molar-refractivity contribution in [3.63, 3.8) is 0 Å². The van der Waals surface area contributed by atoms with E-state index in [2.05, 4.69) is 22.0 Å². The molecule has 21 heavy (non-hydrogen) atoms. The maximum Gasteiger partial charge on any atom is 0.137 e. The number of alkyl halides is 1. The van der Waals surface area contributed by atoms with Crippen molar-refractivity contribution in [2.45, 2.75) is 11.9 Å². The Hall–Kier alpha value is -1.70. The Balaban J connectivity index is 2.15. The zero-order valence-electron chi connectivity index (χ0n) is 11.4. The van der Waals surface area contributed by atoms with Crippen molar-refractivity contribution in [1.82, 2.24) is 0 Å². The zero-order valence-corrected chi connectivity index (χ0v) is 13.7. The summed E-state index contributed by atoms with van der Waals surface area (Å²) < 4.78 is 11.0. The first kappa shape index (κ1) is 15.7. The van der Waals surface area contributed by atoms with Crippen LogP contribution in [-0.2, 0) is 11.9 Å². The summed E-state index contributed by atoms with van der Waals surface area (Å²) in [7, 11) is 1.54. The lowest BCUT2D eigenvalue weighted by atomic mass is 10.1. The van der Waals surface area contributed by atoms with Crippen LogP contribution in [0.15, 0.2) is 36.4 Å². The number of benzene rings is 2. The van der Waals surface area contributed by atoms with Gasteiger partial charge in [0.15, 0.2) is 0 Å². The first-order chi connectivity index (χ1) is 10.2. The highest BCUT2D eigenvalue weighted by atomic mass is 79.9. The number of methoxy groups -OCH3 is 1. The van der Waals surface area contributed by atoms with E-state index in [-0.39, 0.29) is 0 Å². The predicted molar refractivity (Wildman–Crippen MR) is 86.1 cm³/mol. The van der Waals surface area contributed by atoms with Crippen LogP contribution in [0, 0.1) is 11.3 Å².